The molecule has 0 saturated heterocycles. The molecule has 0 unspecified atom stereocenters. The van der Waals surface area contributed by atoms with Crippen molar-refractivity contribution >= 4 is 22.8 Å². The van der Waals surface area contributed by atoms with Crippen molar-refractivity contribution in [3.8, 4) is 0 Å². The Morgan fingerprint density at radius 2 is 0.743 bits per heavy atom. The molecule has 0 aliphatic carbocycles. The van der Waals surface area contributed by atoms with E-state index in [1.165, 1.54) is 22.3 Å². The number of hydrogen-bond donors (Lipinski definition) is 0. The Morgan fingerprint density at radius 1 is 0.543 bits per heavy atom. The van der Waals surface area contributed by atoms with Gasteiger partial charge in [0.2, 0.25) is 0 Å². The molecule has 0 amide bonds. The fourth-order valence-corrected chi connectivity index (χ4v) is 3.78. The zero-order valence-corrected chi connectivity index (χ0v) is 23.8. The number of rotatable bonds is 7. The summed E-state index contributed by atoms with van der Waals surface area (Å²) < 4.78 is 0. The van der Waals surface area contributed by atoms with E-state index in [1.807, 2.05) is 0 Å². The molecule has 0 saturated carbocycles. The van der Waals surface area contributed by atoms with Crippen molar-refractivity contribution in [3.05, 3.63) is 68.5 Å². The van der Waals surface area contributed by atoms with Crippen molar-refractivity contribution in [1.82, 2.24) is 11.2 Å². The summed E-state index contributed by atoms with van der Waals surface area (Å²) in [6.07, 6.45) is 0. The zero-order valence-electron chi connectivity index (χ0n) is 22.7. The van der Waals surface area contributed by atoms with E-state index in [0.29, 0.717) is 23.7 Å². The molecule has 2 aromatic rings. The van der Waals surface area contributed by atoms with Gasteiger partial charge in [-0.05, 0) is 59.8 Å². The average Bonchev–Trinajstić information content (AvgIpc) is 2.81. The summed E-state index contributed by atoms with van der Waals surface area (Å²) in [5.41, 5.74) is 20.9. The van der Waals surface area contributed by atoms with Gasteiger partial charge in [-0.1, -0.05) is 91.8 Å². The van der Waals surface area contributed by atoms with Crippen LogP contribution in [0.1, 0.15) is 115 Å². The predicted molar refractivity (Wildman–Crippen MR) is 146 cm³/mol. The second-order valence-corrected chi connectivity index (χ2v) is 9.58. The van der Waals surface area contributed by atoms with Crippen LogP contribution in [0.5, 0.6) is 0 Å². The standard InChI is InChI=1S/C28H40N2.Fe.2NO/c1-17(2)23-13-11-14-24(18(3)4)27(23)29-21(9)22(10)30-28-25(19(5)6)15-12-16-26(28)20(7)8;;2*1-2/h11-20H,1-10H3;;;. The molecule has 0 aliphatic heterocycles. The van der Waals surface area contributed by atoms with Crippen LogP contribution in [0.25, 0.3) is 0 Å². The van der Waals surface area contributed by atoms with Crippen LogP contribution in [-0.4, -0.2) is 11.4 Å². The number of para-hydroxylation sites is 2. The van der Waals surface area contributed by atoms with Crippen LogP contribution in [0.15, 0.2) is 46.4 Å². The van der Waals surface area contributed by atoms with E-state index in [2.05, 4.69) is 106 Å². The van der Waals surface area contributed by atoms with Crippen LogP contribution in [0, 0.1) is 9.81 Å². The van der Waals surface area contributed by atoms with E-state index in [9.17, 15) is 0 Å². The maximum Gasteiger partial charge on any atom is 0.120 e. The van der Waals surface area contributed by atoms with Crippen LogP contribution in [0.3, 0.4) is 0 Å². The molecule has 2 radical (unpaired) electrons. The topological polar surface area (TPSA) is 103 Å². The minimum Gasteiger partial charge on any atom is -0.251 e. The van der Waals surface area contributed by atoms with Gasteiger partial charge < -0.3 is 0 Å². The van der Waals surface area contributed by atoms with Crippen LogP contribution in [0.4, 0.5) is 11.4 Å². The van der Waals surface area contributed by atoms with Crippen LogP contribution in [0.2, 0.25) is 0 Å². The quantitative estimate of drug-likeness (QED) is 0.271. The Bertz CT molecular complexity index is 851. The number of hydrogen-bond acceptors (Lipinski definition) is 4. The zero-order chi connectivity index (χ0) is 26.6. The largest absolute Gasteiger partial charge is 0.251 e. The van der Waals surface area contributed by atoms with Crippen molar-refractivity contribution < 1.29 is 17.1 Å². The fourth-order valence-electron chi connectivity index (χ4n) is 3.78. The summed E-state index contributed by atoms with van der Waals surface area (Å²) >= 11 is 0. The Labute approximate surface area is 222 Å². The van der Waals surface area contributed by atoms with Gasteiger partial charge in [0, 0.05) is 17.1 Å². The molecule has 2 aromatic carbocycles. The van der Waals surface area contributed by atoms with Gasteiger partial charge >= 0.3 is 0 Å². The first-order chi connectivity index (χ1) is 16.0. The molecule has 0 fully saturated rings. The number of nitrogens with zero attached hydrogens (tertiary/aromatic N) is 4. The van der Waals surface area contributed by atoms with Crippen LogP contribution in [-0.2, 0) is 17.1 Å². The van der Waals surface area contributed by atoms with Gasteiger partial charge in [-0.3, -0.25) is 9.98 Å². The van der Waals surface area contributed by atoms with E-state index < -0.39 is 0 Å². The van der Waals surface area contributed by atoms with Gasteiger partial charge in [-0.2, -0.15) is 0 Å². The molecule has 0 spiro atoms. The van der Waals surface area contributed by atoms with Gasteiger partial charge in [-0.25, -0.2) is 0 Å². The van der Waals surface area contributed by atoms with Gasteiger partial charge in [-0.15, -0.1) is 9.81 Å². The number of aliphatic imine (C=N–C) groups is 2. The molecule has 0 N–H and O–H groups in total. The van der Waals surface area contributed by atoms with E-state index in [0.717, 1.165) is 22.8 Å². The molecule has 0 atom stereocenters. The molecule has 35 heavy (non-hydrogen) atoms. The number of nitroso groups, excluding NO2 is 2. The molecule has 7 heteroatoms. The maximum absolute atomic E-state index is 7.25. The second-order valence-electron chi connectivity index (χ2n) is 9.58. The molecule has 0 bridgehead atoms. The third kappa shape index (κ3) is 9.58. The minimum absolute atomic E-state index is 0. The van der Waals surface area contributed by atoms with Crippen LogP contribution < -0.4 is 11.2 Å². The maximum atomic E-state index is 7.25. The molecule has 192 valence electrons. The summed E-state index contributed by atoms with van der Waals surface area (Å²) in [5.74, 6) is 1.73. The molecule has 2 rings (SSSR count). The van der Waals surface area contributed by atoms with Crippen LogP contribution >= 0.6 is 0 Å². The molecule has 6 nitrogen and oxygen atoms in total. The first kappa shape index (κ1) is 34.7. The minimum atomic E-state index is 0. The van der Waals surface area contributed by atoms with Crippen molar-refractivity contribution in [3.63, 3.8) is 0 Å². The number of benzene rings is 2. The van der Waals surface area contributed by atoms with Gasteiger partial charge in [0.15, 0.2) is 0 Å². The average molecular weight is 520 g/mol. The smallest absolute Gasteiger partial charge is 0.120 e. The second kappa shape index (κ2) is 17.0. The first-order valence-electron chi connectivity index (χ1n) is 11.8. The van der Waals surface area contributed by atoms with E-state index in [4.69, 9.17) is 31.0 Å². The predicted octanol–water partition coefficient (Wildman–Crippen LogP) is 8.17. The van der Waals surface area contributed by atoms with Gasteiger partial charge in [0.05, 0.1) is 22.8 Å². The summed E-state index contributed by atoms with van der Waals surface area (Å²) in [6.45, 7) is 22.1. The Hall–Kier alpha value is -2.50. The summed E-state index contributed by atoms with van der Waals surface area (Å²) in [7, 11) is 0. The molecule has 0 aliphatic rings. The van der Waals surface area contributed by atoms with Crippen molar-refractivity contribution in [2.45, 2.75) is 92.9 Å². The molecule has 0 aromatic heterocycles. The van der Waals surface area contributed by atoms with E-state index >= 15 is 0 Å². The SMILES string of the molecule is CC(=Nc1c(C(C)C)cccc1C(C)C)C(C)=Nc1c(C(C)C)cccc1C(C)C.[Fe].[N]=O.[N]=O. The van der Waals surface area contributed by atoms with Gasteiger partial charge in [0.25, 0.3) is 0 Å². The third-order valence-electron chi connectivity index (χ3n) is 5.77. The van der Waals surface area contributed by atoms with Crippen molar-refractivity contribution in [2.75, 3.05) is 0 Å². The van der Waals surface area contributed by atoms with E-state index in [1.54, 1.807) is 0 Å². The molecular formula is C28H40FeN4O2. The Balaban J connectivity index is 0. The van der Waals surface area contributed by atoms with Crippen molar-refractivity contribution in [2.24, 2.45) is 9.98 Å². The monoisotopic (exact) mass is 520 g/mol. The Morgan fingerprint density at radius 3 is 0.914 bits per heavy atom. The summed E-state index contributed by atoms with van der Waals surface area (Å²) in [6, 6.07) is 13.2. The molecule has 0 heterocycles. The molecular weight excluding hydrogens is 480 g/mol. The van der Waals surface area contributed by atoms with Crippen molar-refractivity contribution in [1.29, 1.82) is 0 Å². The summed E-state index contributed by atoms with van der Waals surface area (Å²) in [4.78, 5) is 24.8. The first-order valence-corrected chi connectivity index (χ1v) is 11.8. The third-order valence-corrected chi connectivity index (χ3v) is 5.77. The van der Waals surface area contributed by atoms with Gasteiger partial charge in [0.1, 0.15) is 11.2 Å². The Kier molecular flexibility index (Phi) is 16.9. The normalized spacial score (nSPS) is 11.6. The van der Waals surface area contributed by atoms with E-state index in [-0.39, 0.29) is 17.1 Å². The summed E-state index contributed by atoms with van der Waals surface area (Å²) in [5, 5.41) is 0. The fraction of sp³-hybridized carbons (Fsp3) is 0.500.